The molecule has 0 saturated heterocycles. The summed E-state index contributed by atoms with van der Waals surface area (Å²) in [6.45, 7) is 0. The lowest BCUT2D eigenvalue weighted by molar-refractivity contribution is -0.125. The van der Waals surface area contributed by atoms with E-state index in [-0.39, 0.29) is 5.91 Å². The van der Waals surface area contributed by atoms with Crippen LogP contribution in [0.5, 0.6) is 0 Å². The molecule has 1 amide bonds. The van der Waals surface area contributed by atoms with Gasteiger partial charge in [0.2, 0.25) is 5.91 Å². The number of hydrogen-bond acceptors (Lipinski definition) is 2. The second-order valence-electron chi connectivity index (χ2n) is 5.93. The van der Waals surface area contributed by atoms with Gasteiger partial charge in [-0.25, -0.2) is 0 Å². The third-order valence-corrected chi connectivity index (χ3v) is 5.73. The second-order valence-corrected chi connectivity index (χ2v) is 7.04. The third-order valence-electron chi connectivity index (χ3n) is 4.79. The van der Waals surface area contributed by atoms with Crippen LogP contribution in [-0.4, -0.2) is 36.4 Å². The van der Waals surface area contributed by atoms with Crippen LogP contribution in [0.15, 0.2) is 0 Å². The van der Waals surface area contributed by atoms with Gasteiger partial charge in [-0.15, -0.1) is 0 Å². The monoisotopic (exact) mass is 255 g/mol. The Hall–Kier alpha value is -0.180. The molecule has 0 N–H and O–H groups in total. The van der Waals surface area contributed by atoms with Crippen LogP contribution in [0.3, 0.4) is 0 Å². The first-order chi connectivity index (χ1) is 8.14. The zero-order valence-corrected chi connectivity index (χ0v) is 12.0. The molecular formula is C14H25NOS. The Morgan fingerprint density at radius 3 is 2.53 bits per heavy atom. The zero-order chi connectivity index (χ0) is 12.3. The molecule has 2 aliphatic rings. The average molecular weight is 255 g/mol. The van der Waals surface area contributed by atoms with E-state index < -0.39 is 0 Å². The van der Waals surface area contributed by atoms with Crippen molar-refractivity contribution in [2.45, 2.75) is 44.9 Å². The lowest BCUT2D eigenvalue weighted by Crippen LogP contribution is -2.24. The van der Waals surface area contributed by atoms with Crippen LogP contribution in [0.4, 0.5) is 0 Å². The van der Waals surface area contributed by atoms with Crippen molar-refractivity contribution in [1.82, 2.24) is 4.90 Å². The molecule has 2 aliphatic carbocycles. The Labute approximate surface area is 110 Å². The van der Waals surface area contributed by atoms with Crippen molar-refractivity contribution >= 4 is 17.7 Å². The van der Waals surface area contributed by atoms with E-state index in [1.54, 1.807) is 4.90 Å². The van der Waals surface area contributed by atoms with E-state index >= 15 is 0 Å². The molecule has 3 heteroatoms. The number of nitrogens with zero attached hydrogens (tertiary/aromatic N) is 1. The predicted octanol–water partition coefficient (Wildman–Crippen LogP) is 3.17. The Bertz CT molecular complexity index is 267. The topological polar surface area (TPSA) is 20.3 Å². The van der Waals surface area contributed by atoms with Crippen LogP contribution in [0, 0.1) is 11.3 Å². The third kappa shape index (κ3) is 2.98. The number of amides is 1. The fourth-order valence-corrected chi connectivity index (χ4v) is 4.84. The molecule has 0 atom stereocenters. The van der Waals surface area contributed by atoms with Gasteiger partial charge in [0.25, 0.3) is 0 Å². The highest BCUT2D eigenvalue weighted by Crippen LogP contribution is 2.56. The highest BCUT2D eigenvalue weighted by Gasteiger charge is 2.45. The Morgan fingerprint density at radius 1 is 1.29 bits per heavy atom. The first-order valence-electron chi connectivity index (χ1n) is 6.92. The number of carbonyl (C=O) groups is 1. The minimum absolute atomic E-state index is 0.252. The van der Waals surface area contributed by atoms with E-state index in [2.05, 4.69) is 0 Å². The Morgan fingerprint density at radius 2 is 1.94 bits per heavy atom. The smallest absolute Gasteiger partial charge is 0.232 e. The van der Waals surface area contributed by atoms with E-state index in [0.29, 0.717) is 11.2 Å². The maximum absolute atomic E-state index is 11.5. The van der Waals surface area contributed by atoms with Crippen molar-refractivity contribution in [2.75, 3.05) is 25.6 Å². The summed E-state index contributed by atoms with van der Waals surface area (Å²) >= 11 is 1.83. The van der Waals surface area contributed by atoms with Crippen molar-refractivity contribution in [1.29, 1.82) is 0 Å². The molecule has 0 aromatic carbocycles. The Kier molecular flexibility index (Phi) is 4.40. The van der Waals surface area contributed by atoms with Gasteiger partial charge in [-0.3, -0.25) is 4.79 Å². The molecule has 2 rings (SSSR count). The van der Waals surface area contributed by atoms with Gasteiger partial charge in [0, 0.05) is 14.1 Å². The summed E-state index contributed by atoms with van der Waals surface area (Å²) in [4.78, 5) is 13.2. The summed E-state index contributed by atoms with van der Waals surface area (Å²) in [6.07, 6.45) is 10.1. The second kappa shape index (κ2) is 5.64. The van der Waals surface area contributed by atoms with E-state index in [0.717, 1.165) is 5.92 Å². The predicted molar refractivity (Wildman–Crippen MR) is 74.3 cm³/mol. The molecule has 0 aromatic rings. The molecular weight excluding hydrogens is 230 g/mol. The molecule has 17 heavy (non-hydrogen) atoms. The van der Waals surface area contributed by atoms with Crippen molar-refractivity contribution in [3.63, 3.8) is 0 Å². The summed E-state index contributed by atoms with van der Waals surface area (Å²) in [5.74, 6) is 3.11. The molecule has 0 bridgehead atoms. The van der Waals surface area contributed by atoms with Gasteiger partial charge in [0.05, 0.1) is 5.75 Å². The van der Waals surface area contributed by atoms with Gasteiger partial charge in [0.15, 0.2) is 0 Å². The lowest BCUT2D eigenvalue weighted by Gasteiger charge is -2.29. The van der Waals surface area contributed by atoms with Crippen LogP contribution >= 0.6 is 11.8 Å². The number of thioether (sulfide) groups is 1. The van der Waals surface area contributed by atoms with Crippen molar-refractivity contribution in [3.8, 4) is 0 Å². The molecule has 2 fully saturated rings. The first kappa shape index (κ1) is 13.3. The van der Waals surface area contributed by atoms with Crippen molar-refractivity contribution in [2.24, 2.45) is 11.3 Å². The van der Waals surface area contributed by atoms with Gasteiger partial charge >= 0.3 is 0 Å². The van der Waals surface area contributed by atoms with E-state index in [9.17, 15) is 4.79 Å². The standard InChI is InChI=1S/C14H25NOS/c1-15(2)13(16)11-17-10-9-14-7-3-5-12(14)6-4-8-14/h12H,3-11H2,1-2H3. The largest absolute Gasteiger partial charge is 0.348 e. The van der Waals surface area contributed by atoms with Crippen molar-refractivity contribution in [3.05, 3.63) is 0 Å². The first-order valence-corrected chi connectivity index (χ1v) is 8.07. The summed E-state index contributed by atoms with van der Waals surface area (Å²) in [5.41, 5.74) is 0.689. The van der Waals surface area contributed by atoms with Crippen LogP contribution < -0.4 is 0 Å². The average Bonchev–Trinajstić information content (AvgIpc) is 2.82. The number of carbonyl (C=O) groups excluding carboxylic acids is 1. The minimum atomic E-state index is 0.252. The maximum atomic E-state index is 11.5. The molecule has 2 saturated carbocycles. The molecule has 0 heterocycles. The molecule has 2 nitrogen and oxygen atoms in total. The highest BCUT2D eigenvalue weighted by molar-refractivity contribution is 7.99. The molecule has 0 unspecified atom stereocenters. The molecule has 0 spiro atoms. The fraction of sp³-hybridized carbons (Fsp3) is 0.929. The quantitative estimate of drug-likeness (QED) is 0.703. The summed E-state index contributed by atoms with van der Waals surface area (Å²) in [7, 11) is 3.68. The van der Waals surface area contributed by atoms with Gasteiger partial charge < -0.3 is 4.90 Å². The summed E-state index contributed by atoms with van der Waals surface area (Å²) in [5, 5.41) is 0. The minimum Gasteiger partial charge on any atom is -0.348 e. The van der Waals surface area contributed by atoms with Gasteiger partial charge in [-0.1, -0.05) is 12.8 Å². The van der Waals surface area contributed by atoms with Crippen LogP contribution in [-0.2, 0) is 4.79 Å². The van der Waals surface area contributed by atoms with Crippen LogP contribution in [0.25, 0.3) is 0 Å². The van der Waals surface area contributed by atoms with Crippen LogP contribution in [0.2, 0.25) is 0 Å². The Balaban J connectivity index is 1.70. The van der Waals surface area contributed by atoms with Gasteiger partial charge in [0.1, 0.15) is 0 Å². The van der Waals surface area contributed by atoms with E-state index in [1.165, 1.54) is 50.7 Å². The fourth-order valence-electron chi connectivity index (χ4n) is 3.71. The highest BCUT2D eigenvalue weighted by atomic mass is 32.2. The molecule has 98 valence electrons. The number of fused-ring (bicyclic) bond motifs is 1. The summed E-state index contributed by atoms with van der Waals surface area (Å²) in [6, 6.07) is 0. The number of hydrogen-bond donors (Lipinski definition) is 0. The normalized spacial score (nSPS) is 31.5. The number of rotatable bonds is 5. The zero-order valence-electron chi connectivity index (χ0n) is 11.2. The van der Waals surface area contributed by atoms with E-state index in [1.807, 2.05) is 25.9 Å². The molecule has 0 radical (unpaired) electrons. The summed E-state index contributed by atoms with van der Waals surface area (Å²) < 4.78 is 0. The SMILES string of the molecule is CN(C)C(=O)CSCCC12CCCC1CCC2. The van der Waals surface area contributed by atoms with Gasteiger partial charge in [-0.2, -0.15) is 11.8 Å². The van der Waals surface area contributed by atoms with E-state index in [4.69, 9.17) is 0 Å². The molecule has 0 aliphatic heterocycles. The maximum Gasteiger partial charge on any atom is 0.232 e. The van der Waals surface area contributed by atoms with Crippen LogP contribution in [0.1, 0.15) is 44.9 Å². The van der Waals surface area contributed by atoms with Crippen molar-refractivity contribution < 1.29 is 4.79 Å². The lowest BCUT2D eigenvalue weighted by atomic mass is 9.78. The molecule has 0 aromatic heterocycles. The van der Waals surface area contributed by atoms with Gasteiger partial charge in [-0.05, 0) is 49.2 Å².